The highest BCUT2D eigenvalue weighted by Gasteiger charge is 2.27. The summed E-state index contributed by atoms with van der Waals surface area (Å²) < 4.78 is 5.08. The van der Waals surface area contributed by atoms with Gasteiger partial charge in [-0.05, 0) is 17.7 Å². The van der Waals surface area contributed by atoms with E-state index in [1.54, 1.807) is 18.2 Å². The SMILES string of the molecule is NC(=O)c1cccc(C(N)=O)c1CC1CO1. The topological polar surface area (TPSA) is 98.7 Å². The largest absolute Gasteiger partial charge is 0.373 e. The zero-order valence-electron chi connectivity index (χ0n) is 8.60. The Labute approximate surface area is 92.4 Å². The molecule has 5 heteroatoms. The number of hydrogen-bond donors (Lipinski definition) is 2. The molecule has 0 aromatic heterocycles. The van der Waals surface area contributed by atoms with Gasteiger partial charge in [0.05, 0.1) is 12.7 Å². The van der Waals surface area contributed by atoms with Gasteiger partial charge in [0.25, 0.3) is 0 Å². The van der Waals surface area contributed by atoms with Crippen molar-refractivity contribution < 1.29 is 14.3 Å². The van der Waals surface area contributed by atoms with Gasteiger partial charge >= 0.3 is 0 Å². The summed E-state index contributed by atoms with van der Waals surface area (Å²) in [6, 6.07) is 4.77. The third-order valence-corrected chi connectivity index (χ3v) is 2.54. The molecule has 4 N–H and O–H groups in total. The molecule has 16 heavy (non-hydrogen) atoms. The van der Waals surface area contributed by atoms with Crippen LogP contribution in [0.3, 0.4) is 0 Å². The average Bonchev–Trinajstić information content (AvgIpc) is 3.01. The summed E-state index contributed by atoms with van der Waals surface area (Å²) in [4.78, 5) is 22.5. The maximum absolute atomic E-state index is 11.2. The van der Waals surface area contributed by atoms with Gasteiger partial charge in [-0.3, -0.25) is 9.59 Å². The van der Waals surface area contributed by atoms with Crippen LogP contribution in [0.2, 0.25) is 0 Å². The van der Waals surface area contributed by atoms with Gasteiger partial charge in [-0.25, -0.2) is 0 Å². The Morgan fingerprint density at radius 3 is 2.12 bits per heavy atom. The van der Waals surface area contributed by atoms with E-state index in [2.05, 4.69) is 0 Å². The Kier molecular flexibility index (Phi) is 2.62. The van der Waals surface area contributed by atoms with Crippen molar-refractivity contribution in [3.63, 3.8) is 0 Å². The minimum Gasteiger partial charge on any atom is -0.373 e. The number of carbonyl (C=O) groups is 2. The molecule has 0 spiro atoms. The van der Waals surface area contributed by atoms with Gasteiger partial charge in [0, 0.05) is 17.5 Å². The summed E-state index contributed by atoms with van der Waals surface area (Å²) >= 11 is 0. The predicted molar refractivity (Wildman–Crippen MR) is 56.9 cm³/mol. The standard InChI is InChI=1S/C11H12N2O3/c12-10(14)7-2-1-3-8(11(13)15)9(7)4-6-5-16-6/h1-3,6H,4-5H2,(H2,12,14)(H2,13,15). The van der Waals surface area contributed by atoms with E-state index in [1.165, 1.54) is 0 Å². The molecule has 1 aliphatic heterocycles. The number of epoxide rings is 1. The number of carbonyl (C=O) groups excluding carboxylic acids is 2. The second kappa shape index (κ2) is 3.94. The van der Waals surface area contributed by atoms with Gasteiger partial charge in [0.2, 0.25) is 11.8 Å². The summed E-state index contributed by atoms with van der Waals surface area (Å²) in [6.45, 7) is 0.644. The van der Waals surface area contributed by atoms with E-state index in [9.17, 15) is 9.59 Å². The lowest BCUT2D eigenvalue weighted by Crippen LogP contribution is -2.20. The quantitative estimate of drug-likeness (QED) is 0.689. The fourth-order valence-electron chi connectivity index (χ4n) is 1.68. The van der Waals surface area contributed by atoms with Crippen LogP contribution < -0.4 is 11.5 Å². The molecule has 1 aromatic rings. The van der Waals surface area contributed by atoms with E-state index in [1.807, 2.05) is 0 Å². The number of nitrogens with two attached hydrogens (primary N) is 2. The van der Waals surface area contributed by atoms with Crippen molar-refractivity contribution >= 4 is 11.8 Å². The average molecular weight is 220 g/mol. The van der Waals surface area contributed by atoms with Gasteiger partial charge < -0.3 is 16.2 Å². The van der Waals surface area contributed by atoms with Crippen molar-refractivity contribution in [3.05, 3.63) is 34.9 Å². The zero-order chi connectivity index (χ0) is 11.7. The Morgan fingerprint density at radius 1 is 1.25 bits per heavy atom. The van der Waals surface area contributed by atoms with Crippen molar-refractivity contribution in [3.8, 4) is 0 Å². The Bertz CT molecular complexity index is 420. The second-order valence-electron chi connectivity index (χ2n) is 3.72. The zero-order valence-corrected chi connectivity index (χ0v) is 8.60. The van der Waals surface area contributed by atoms with E-state index in [0.717, 1.165) is 0 Å². The van der Waals surface area contributed by atoms with Gasteiger partial charge in [-0.15, -0.1) is 0 Å². The Morgan fingerprint density at radius 2 is 1.75 bits per heavy atom. The monoisotopic (exact) mass is 220 g/mol. The number of benzene rings is 1. The third kappa shape index (κ3) is 2.04. The molecule has 0 saturated carbocycles. The van der Waals surface area contributed by atoms with Crippen molar-refractivity contribution in [1.29, 1.82) is 0 Å². The van der Waals surface area contributed by atoms with E-state index in [-0.39, 0.29) is 6.10 Å². The lowest BCUT2D eigenvalue weighted by Gasteiger charge is -2.09. The summed E-state index contributed by atoms with van der Waals surface area (Å²) in [5.41, 5.74) is 11.8. The molecule has 1 unspecified atom stereocenters. The van der Waals surface area contributed by atoms with Crippen LogP contribution >= 0.6 is 0 Å². The number of ether oxygens (including phenoxy) is 1. The van der Waals surface area contributed by atoms with E-state index in [0.29, 0.717) is 29.7 Å². The molecule has 0 bridgehead atoms. The van der Waals surface area contributed by atoms with Crippen LogP contribution in [0, 0.1) is 0 Å². The number of hydrogen-bond acceptors (Lipinski definition) is 3. The van der Waals surface area contributed by atoms with Crippen molar-refractivity contribution in [2.75, 3.05) is 6.61 Å². The lowest BCUT2D eigenvalue weighted by atomic mass is 9.96. The third-order valence-electron chi connectivity index (χ3n) is 2.54. The summed E-state index contributed by atoms with van der Waals surface area (Å²) in [7, 11) is 0. The van der Waals surface area contributed by atoms with Crippen LogP contribution in [0.1, 0.15) is 26.3 Å². The van der Waals surface area contributed by atoms with Gasteiger partial charge in [0.1, 0.15) is 0 Å². The summed E-state index contributed by atoms with van der Waals surface area (Å²) in [5.74, 6) is -1.11. The molecule has 1 atom stereocenters. The van der Waals surface area contributed by atoms with E-state index < -0.39 is 11.8 Å². The van der Waals surface area contributed by atoms with Crippen LogP contribution in [0.25, 0.3) is 0 Å². The Balaban J connectivity index is 2.47. The molecule has 0 radical (unpaired) electrons. The van der Waals surface area contributed by atoms with Crippen LogP contribution in [-0.4, -0.2) is 24.5 Å². The first kappa shape index (κ1) is 10.6. The summed E-state index contributed by atoms with van der Waals surface area (Å²) in [6.07, 6.45) is 0.566. The molecule has 84 valence electrons. The van der Waals surface area contributed by atoms with Crippen LogP contribution in [0.15, 0.2) is 18.2 Å². The molecular formula is C11H12N2O3. The smallest absolute Gasteiger partial charge is 0.249 e. The fraction of sp³-hybridized carbons (Fsp3) is 0.273. The highest BCUT2D eigenvalue weighted by Crippen LogP contribution is 2.22. The first-order valence-corrected chi connectivity index (χ1v) is 4.92. The number of rotatable bonds is 4. The minimum absolute atomic E-state index is 0.0681. The van der Waals surface area contributed by atoms with Crippen LogP contribution in [0.5, 0.6) is 0 Å². The maximum Gasteiger partial charge on any atom is 0.249 e. The normalized spacial score (nSPS) is 18.1. The van der Waals surface area contributed by atoms with Crippen LogP contribution in [-0.2, 0) is 11.2 Å². The molecular weight excluding hydrogens is 208 g/mol. The van der Waals surface area contributed by atoms with Crippen molar-refractivity contribution in [2.24, 2.45) is 11.5 Å². The van der Waals surface area contributed by atoms with Crippen molar-refractivity contribution in [1.82, 2.24) is 0 Å². The molecule has 0 aliphatic carbocycles. The predicted octanol–water partition coefficient (Wildman–Crippen LogP) is -0.174. The van der Waals surface area contributed by atoms with Crippen LogP contribution in [0.4, 0.5) is 0 Å². The molecule has 1 saturated heterocycles. The molecule has 1 heterocycles. The Hall–Kier alpha value is -1.88. The van der Waals surface area contributed by atoms with E-state index >= 15 is 0 Å². The highest BCUT2D eigenvalue weighted by atomic mass is 16.6. The van der Waals surface area contributed by atoms with E-state index in [4.69, 9.17) is 16.2 Å². The lowest BCUT2D eigenvalue weighted by molar-refractivity contribution is 0.0999. The highest BCUT2D eigenvalue weighted by molar-refractivity contribution is 6.01. The minimum atomic E-state index is -0.557. The first-order chi connectivity index (χ1) is 7.59. The van der Waals surface area contributed by atoms with Gasteiger partial charge in [-0.1, -0.05) is 6.07 Å². The second-order valence-corrected chi connectivity index (χ2v) is 3.72. The fourth-order valence-corrected chi connectivity index (χ4v) is 1.68. The molecule has 1 aliphatic rings. The molecule has 1 aromatic carbocycles. The van der Waals surface area contributed by atoms with Crippen molar-refractivity contribution in [2.45, 2.75) is 12.5 Å². The maximum atomic E-state index is 11.2. The molecule has 5 nitrogen and oxygen atoms in total. The molecule has 1 fully saturated rings. The molecule has 2 amide bonds. The number of primary amides is 2. The van der Waals surface area contributed by atoms with Gasteiger partial charge in [-0.2, -0.15) is 0 Å². The summed E-state index contributed by atoms with van der Waals surface area (Å²) in [5, 5.41) is 0. The first-order valence-electron chi connectivity index (χ1n) is 4.92. The van der Waals surface area contributed by atoms with Gasteiger partial charge in [0.15, 0.2) is 0 Å². The number of amides is 2. The molecule has 2 rings (SSSR count).